The first-order valence-corrected chi connectivity index (χ1v) is 5.92. The molecule has 0 bridgehead atoms. The molecule has 3 heteroatoms. The molecule has 1 aromatic heterocycles. The van der Waals surface area contributed by atoms with Crippen LogP contribution < -0.4 is 10.3 Å². The lowest BCUT2D eigenvalue weighted by atomic mass is 10.2. The predicted octanol–water partition coefficient (Wildman–Crippen LogP) is 2.52. The number of nitrogens with zero attached hydrogens (tertiary/aromatic N) is 1. The topological polar surface area (TPSA) is 31.2 Å². The average Bonchev–Trinajstić information content (AvgIpc) is 2.40. The van der Waals surface area contributed by atoms with E-state index in [-0.39, 0.29) is 5.56 Å². The van der Waals surface area contributed by atoms with Crippen LogP contribution in [0.1, 0.15) is 16.8 Å². The van der Waals surface area contributed by atoms with E-state index in [1.807, 2.05) is 50.2 Å². The molecule has 0 aliphatic carbocycles. The lowest BCUT2D eigenvalue weighted by Crippen LogP contribution is -2.24. The van der Waals surface area contributed by atoms with Crippen molar-refractivity contribution in [2.45, 2.75) is 20.4 Å². The van der Waals surface area contributed by atoms with Gasteiger partial charge in [0.2, 0.25) is 0 Å². The molecular formula is C15H17NO2. The Labute approximate surface area is 107 Å². The SMILES string of the molecule is COc1ccc(Cn2c(C)ccc(C)c2=O)cc1. The summed E-state index contributed by atoms with van der Waals surface area (Å²) in [6.07, 6.45) is 0. The Hall–Kier alpha value is -2.03. The molecule has 0 aliphatic rings. The molecule has 2 rings (SSSR count). The van der Waals surface area contributed by atoms with Gasteiger partial charge in [-0.05, 0) is 37.6 Å². The molecule has 0 saturated heterocycles. The number of benzene rings is 1. The van der Waals surface area contributed by atoms with Crippen LogP contribution in [0.5, 0.6) is 5.75 Å². The molecule has 0 unspecified atom stereocenters. The zero-order chi connectivity index (χ0) is 13.1. The number of hydrogen-bond acceptors (Lipinski definition) is 2. The Bertz CT molecular complexity index is 597. The van der Waals surface area contributed by atoms with Crippen LogP contribution in [0, 0.1) is 13.8 Å². The number of aryl methyl sites for hydroxylation is 2. The molecule has 0 atom stereocenters. The summed E-state index contributed by atoms with van der Waals surface area (Å²) in [4.78, 5) is 12.1. The second-order valence-electron chi connectivity index (χ2n) is 4.40. The molecule has 18 heavy (non-hydrogen) atoms. The smallest absolute Gasteiger partial charge is 0.253 e. The van der Waals surface area contributed by atoms with Gasteiger partial charge in [0.15, 0.2) is 0 Å². The summed E-state index contributed by atoms with van der Waals surface area (Å²) in [5, 5.41) is 0. The highest BCUT2D eigenvalue weighted by atomic mass is 16.5. The first-order chi connectivity index (χ1) is 8.61. The summed E-state index contributed by atoms with van der Waals surface area (Å²) in [7, 11) is 1.64. The van der Waals surface area contributed by atoms with E-state index in [2.05, 4.69) is 0 Å². The Morgan fingerprint density at radius 1 is 1.06 bits per heavy atom. The van der Waals surface area contributed by atoms with Crippen molar-refractivity contribution in [1.29, 1.82) is 0 Å². The van der Waals surface area contributed by atoms with Gasteiger partial charge in [0, 0.05) is 11.3 Å². The van der Waals surface area contributed by atoms with Crippen LogP contribution >= 0.6 is 0 Å². The fourth-order valence-corrected chi connectivity index (χ4v) is 1.89. The van der Waals surface area contributed by atoms with E-state index >= 15 is 0 Å². The minimum atomic E-state index is 0.0748. The van der Waals surface area contributed by atoms with Gasteiger partial charge in [-0.2, -0.15) is 0 Å². The normalized spacial score (nSPS) is 10.4. The van der Waals surface area contributed by atoms with Gasteiger partial charge in [0.05, 0.1) is 13.7 Å². The zero-order valence-electron chi connectivity index (χ0n) is 10.9. The Kier molecular flexibility index (Phi) is 3.51. The first kappa shape index (κ1) is 12.4. The fourth-order valence-electron chi connectivity index (χ4n) is 1.89. The Morgan fingerprint density at radius 2 is 1.72 bits per heavy atom. The van der Waals surface area contributed by atoms with Crippen molar-refractivity contribution in [2.24, 2.45) is 0 Å². The molecular weight excluding hydrogens is 226 g/mol. The highest BCUT2D eigenvalue weighted by Gasteiger charge is 2.04. The third-order valence-electron chi connectivity index (χ3n) is 3.08. The molecule has 0 aliphatic heterocycles. The highest BCUT2D eigenvalue weighted by molar-refractivity contribution is 5.28. The zero-order valence-corrected chi connectivity index (χ0v) is 10.9. The summed E-state index contributed by atoms with van der Waals surface area (Å²) < 4.78 is 6.91. The molecule has 94 valence electrons. The van der Waals surface area contributed by atoms with Crippen LogP contribution in [0.25, 0.3) is 0 Å². The van der Waals surface area contributed by atoms with Crippen LogP contribution in [0.3, 0.4) is 0 Å². The molecule has 0 N–H and O–H groups in total. The summed E-state index contributed by atoms with van der Waals surface area (Å²) in [5.41, 5.74) is 2.91. The number of ether oxygens (including phenoxy) is 1. The lowest BCUT2D eigenvalue weighted by molar-refractivity contribution is 0.414. The van der Waals surface area contributed by atoms with E-state index in [0.717, 1.165) is 22.6 Å². The van der Waals surface area contributed by atoms with Gasteiger partial charge in [-0.25, -0.2) is 0 Å². The van der Waals surface area contributed by atoms with Gasteiger partial charge >= 0.3 is 0 Å². The summed E-state index contributed by atoms with van der Waals surface area (Å²) in [6, 6.07) is 11.6. The molecule has 0 radical (unpaired) electrons. The monoisotopic (exact) mass is 243 g/mol. The highest BCUT2D eigenvalue weighted by Crippen LogP contribution is 2.12. The number of rotatable bonds is 3. The van der Waals surface area contributed by atoms with Crippen molar-refractivity contribution in [3.05, 3.63) is 63.6 Å². The quantitative estimate of drug-likeness (QED) is 0.829. The summed E-state index contributed by atoms with van der Waals surface area (Å²) in [5.74, 6) is 0.826. The molecule has 1 aromatic carbocycles. The average molecular weight is 243 g/mol. The Morgan fingerprint density at radius 3 is 2.33 bits per heavy atom. The van der Waals surface area contributed by atoms with Crippen molar-refractivity contribution in [2.75, 3.05) is 7.11 Å². The first-order valence-electron chi connectivity index (χ1n) is 5.92. The lowest BCUT2D eigenvalue weighted by Gasteiger charge is -2.11. The van der Waals surface area contributed by atoms with Crippen LogP contribution in [0.2, 0.25) is 0 Å². The van der Waals surface area contributed by atoms with Gasteiger partial charge in [0.1, 0.15) is 5.75 Å². The van der Waals surface area contributed by atoms with Crippen LogP contribution in [-0.4, -0.2) is 11.7 Å². The van der Waals surface area contributed by atoms with Crippen LogP contribution in [0.4, 0.5) is 0 Å². The minimum absolute atomic E-state index is 0.0748. The molecule has 2 aromatic rings. The third kappa shape index (κ3) is 2.45. The Balaban J connectivity index is 2.33. The van der Waals surface area contributed by atoms with Crippen LogP contribution in [-0.2, 0) is 6.54 Å². The predicted molar refractivity (Wildman–Crippen MR) is 72.3 cm³/mol. The van der Waals surface area contributed by atoms with E-state index in [1.165, 1.54) is 0 Å². The number of aromatic nitrogens is 1. The van der Waals surface area contributed by atoms with E-state index in [9.17, 15) is 4.79 Å². The summed E-state index contributed by atoms with van der Waals surface area (Å²) >= 11 is 0. The number of hydrogen-bond donors (Lipinski definition) is 0. The maximum absolute atomic E-state index is 12.1. The van der Waals surface area contributed by atoms with Crippen molar-refractivity contribution >= 4 is 0 Å². The molecule has 3 nitrogen and oxygen atoms in total. The van der Waals surface area contributed by atoms with Gasteiger partial charge in [-0.1, -0.05) is 18.2 Å². The molecule has 1 heterocycles. The largest absolute Gasteiger partial charge is 0.497 e. The van der Waals surface area contributed by atoms with E-state index in [1.54, 1.807) is 11.7 Å². The molecule has 0 amide bonds. The maximum atomic E-state index is 12.1. The third-order valence-corrected chi connectivity index (χ3v) is 3.08. The van der Waals surface area contributed by atoms with Gasteiger partial charge < -0.3 is 9.30 Å². The summed E-state index contributed by atoms with van der Waals surface area (Å²) in [6.45, 7) is 4.38. The van der Waals surface area contributed by atoms with Crippen molar-refractivity contribution in [1.82, 2.24) is 4.57 Å². The fraction of sp³-hybridized carbons (Fsp3) is 0.267. The second kappa shape index (κ2) is 5.08. The van der Waals surface area contributed by atoms with Gasteiger partial charge in [-0.15, -0.1) is 0 Å². The second-order valence-corrected chi connectivity index (χ2v) is 4.40. The number of methoxy groups -OCH3 is 1. The molecule has 0 spiro atoms. The standard InChI is InChI=1S/C15H17NO2/c1-11-4-5-12(2)16(15(11)17)10-13-6-8-14(18-3)9-7-13/h4-9H,10H2,1-3H3. The van der Waals surface area contributed by atoms with Gasteiger partial charge in [0.25, 0.3) is 5.56 Å². The van der Waals surface area contributed by atoms with Crippen molar-refractivity contribution < 1.29 is 4.74 Å². The van der Waals surface area contributed by atoms with Crippen molar-refractivity contribution in [3.63, 3.8) is 0 Å². The maximum Gasteiger partial charge on any atom is 0.253 e. The van der Waals surface area contributed by atoms with E-state index < -0.39 is 0 Å². The molecule has 0 saturated carbocycles. The van der Waals surface area contributed by atoms with Gasteiger partial charge in [-0.3, -0.25) is 4.79 Å². The molecule has 0 fully saturated rings. The van der Waals surface area contributed by atoms with Crippen molar-refractivity contribution in [3.8, 4) is 5.75 Å². The number of pyridine rings is 1. The van der Waals surface area contributed by atoms with E-state index in [4.69, 9.17) is 4.74 Å². The van der Waals surface area contributed by atoms with Crippen LogP contribution in [0.15, 0.2) is 41.2 Å². The minimum Gasteiger partial charge on any atom is -0.497 e. The van der Waals surface area contributed by atoms with E-state index in [0.29, 0.717) is 6.54 Å².